The van der Waals surface area contributed by atoms with Gasteiger partial charge in [0.25, 0.3) is 0 Å². The number of fused-ring (bicyclic) bond motifs is 1. The molecule has 1 aliphatic heterocycles. The van der Waals surface area contributed by atoms with Crippen LogP contribution < -0.4 is 15.4 Å². The second kappa shape index (κ2) is 8.26. The second-order valence-electron chi connectivity index (χ2n) is 7.74. The molecule has 2 aromatic rings. The Bertz CT molecular complexity index is 1100. The van der Waals surface area contributed by atoms with E-state index in [1.54, 1.807) is 12.1 Å². The average molecular weight is 487 g/mol. The fourth-order valence-corrected chi connectivity index (χ4v) is 4.76. The van der Waals surface area contributed by atoms with Crippen LogP contribution in [0.2, 0.25) is 0 Å². The van der Waals surface area contributed by atoms with Crippen LogP contribution in [0, 0.1) is 11.8 Å². The molecule has 3 unspecified atom stereocenters. The number of carbonyl (C=O) groups excluding carboxylic acids is 2. The molecule has 0 fully saturated rings. The van der Waals surface area contributed by atoms with Gasteiger partial charge < -0.3 is 25.2 Å². The van der Waals surface area contributed by atoms with Gasteiger partial charge in [-0.1, -0.05) is 19.1 Å². The maximum atomic E-state index is 13.6. The number of hydrogen-bond donors (Lipinski definition) is 3. The Balaban J connectivity index is 1.91. The lowest BCUT2D eigenvalue weighted by Gasteiger charge is -2.32. The van der Waals surface area contributed by atoms with E-state index in [1.165, 1.54) is 14.2 Å². The highest BCUT2D eigenvalue weighted by Crippen LogP contribution is 2.46. The molecule has 0 saturated carbocycles. The molecule has 0 spiro atoms. The quantitative estimate of drug-likeness (QED) is 0.437. The fraction of sp³-hybridized carbons (Fsp3) is 0.304. The van der Waals surface area contributed by atoms with Gasteiger partial charge in [0, 0.05) is 11.3 Å². The second-order valence-corrected chi connectivity index (χ2v) is 8.59. The normalized spacial score (nSPS) is 22.5. The van der Waals surface area contributed by atoms with Crippen LogP contribution in [0.1, 0.15) is 24.9 Å². The summed E-state index contributed by atoms with van der Waals surface area (Å²) >= 11 is 3.37. The number of halogens is 1. The molecule has 31 heavy (non-hydrogen) atoms. The molecule has 3 N–H and O–H groups in total. The Kier molecular flexibility index (Phi) is 5.66. The van der Waals surface area contributed by atoms with E-state index in [0.29, 0.717) is 22.0 Å². The monoisotopic (exact) mass is 486 g/mol. The van der Waals surface area contributed by atoms with Gasteiger partial charge in [0.15, 0.2) is 17.3 Å². The van der Waals surface area contributed by atoms with Crippen LogP contribution >= 0.6 is 15.9 Å². The van der Waals surface area contributed by atoms with Crippen LogP contribution in [0.15, 0.2) is 52.1 Å². The van der Waals surface area contributed by atoms with E-state index in [4.69, 9.17) is 9.47 Å². The number of ether oxygens (including phenoxy) is 2. The molecule has 1 aliphatic carbocycles. The number of carbonyl (C=O) groups is 2. The van der Waals surface area contributed by atoms with Gasteiger partial charge in [-0.25, -0.2) is 0 Å². The third-order valence-corrected chi connectivity index (χ3v) is 6.43. The van der Waals surface area contributed by atoms with Crippen LogP contribution in [0.25, 0.3) is 0 Å². The van der Waals surface area contributed by atoms with Gasteiger partial charge in [-0.2, -0.15) is 0 Å². The van der Waals surface area contributed by atoms with Crippen molar-refractivity contribution in [2.75, 3.05) is 24.9 Å². The molecule has 4 rings (SSSR count). The van der Waals surface area contributed by atoms with Crippen molar-refractivity contribution in [2.45, 2.75) is 19.4 Å². The summed E-state index contributed by atoms with van der Waals surface area (Å²) in [5.41, 5.74) is 3.62. The summed E-state index contributed by atoms with van der Waals surface area (Å²) in [5, 5.41) is 17.1. The maximum Gasteiger partial charge on any atom is 0.316 e. The number of Topliss-reactive ketones (excluding diaryl/α,β-unsaturated/α-hetero) is 1. The van der Waals surface area contributed by atoms with E-state index in [1.807, 2.05) is 31.2 Å². The first-order valence-corrected chi connectivity index (χ1v) is 10.7. The van der Waals surface area contributed by atoms with Crippen LogP contribution in [-0.2, 0) is 14.3 Å². The number of ketones is 1. The largest absolute Gasteiger partial charge is 0.503 e. The van der Waals surface area contributed by atoms with Crippen LogP contribution in [0.3, 0.4) is 0 Å². The van der Waals surface area contributed by atoms with Gasteiger partial charge in [-0.05, 0) is 58.1 Å². The minimum atomic E-state index is -0.876. The summed E-state index contributed by atoms with van der Waals surface area (Å²) in [4.78, 5) is 26.1. The first-order valence-electron chi connectivity index (χ1n) is 9.89. The van der Waals surface area contributed by atoms with Crippen molar-refractivity contribution in [1.29, 1.82) is 0 Å². The van der Waals surface area contributed by atoms with Crippen molar-refractivity contribution < 1.29 is 24.2 Å². The smallest absolute Gasteiger partial charge is 0.316 e. The third-order valence-electron chi connectivity index (χ3n) is 5.83. The number of esters is 1. The maximum absolute atomic E-state index is 13.6. The Morgan fingerprint density at radius 3 is 2.58 bits per heavy atom. The summed E-state index contributed by atoms with van der Waals surface area (Å²) in [5.74, 6) is -1.64. The molecular weight excluding hydrogens is 464 g/mol. The highest BCUT2D eigenvalue weighted by Gasteiger charge is 2.44. The van der Waals surface area contributed by atoms with Crippen LogP contribution in [-0.4, -0.2) is 31.1 Å². The molecule has 2 aromatic carbocycles. The molecule has 0 aromatic heterocycles. The Morgan fingerprint density at radius 2 is 1.90 bits per heavy atom. The van der Waals surface area contributed by atoms with Crippen molar-refractivity contribution in [1.82, 2.24) is 0 Å². The lowest BCUT2D eigenvalue weighted by molar-refractivity contribution is -0.151. The molecule has 0 saturated heterocycles. The average Bonchev–Trinajstić information content (AvgIpc) is 2.91. The molecule has 3 atom stereocenters. The van der Waals surface area contributed by atoms with Crippen molar-refractivity contribution >= 4 is 39.1 Å². The van der Waals surface area contributed by atoms with Gasteiger partial charge in [0.2, 0.25) is 0 Å². The van der Waals surface area contributed by atoms with E-state index in [9.17, 15) is 14.7 Å². The van der Waals surface area contributed by atoms with E-state index in [-0.39, 0.29) is 23.2 Å². The highest BCUT2D eigenvalue weighted by atomic mass is 79.9. The molecule has 0 bridgehead atoms. The minimum absolute atomic E-state index is 0.0244. The first-order chi connectivity index (χ1) is 14.8. The molecule has 1 heterocycles. The number of methoxy groups -OCH3 is 2. The lowest BCUT2D eigenvalue weighted by atomic mass is 9.75. The van der Waals surface area contributed by atoms with Gasteiger partial charge in [0.1, 0.15) is 5.92 Å². The number of aromatic hydroxyl groups is 1. The number of allylic oxidation sites excluding steroid dienone is 1. The molecule has 2 aliphatic rings. The molecule has 0 radical (unpaired) electrons. The van der Waals surface area contributed by atoms with Crippen molar-refractivity contribution in [2.24, 2.45) is 11.8 Å². The molecule has 7 nitrogen and oxygen atoms in total. The molecular formula is C23H23BrN2O5. The minimum Gasteiger partial charge on any atom is -0.503 e. The number of nitrogens with one attached hydrogen (secondary N) is 2. The van der Waals surface area contributed by atoms with E-state index >= 15 is 0 Å². The Labute approximate surface area is 188 Å². The Morgan fingerprint density at radius 1 is 1.19 bits per heavy atom. The van der Waals surface area contributed by atoms with Gasteiger partial charge in [-0.3, -0.25) is 9.59 Å². The molecule has 162 valence electrons. The number of phenols is 1. The van der Waals surface area contributed by atoms with Crippen molar-refractivity contribution in [3.8, 4) is 11.5 Å². The first kappa shape index (κ1) is 21.2. The van der Waals surface area contributed by atoms with Crippen molar-refractivity contribution in [3.63, 3.8) is 0 Å². The van der Waals surface area contributed by atoms with Gasteiger partial charge in [-0.15, -0.1) is 0 Å². The summed E-state index contributed by atoms with van der Waals surface area (Å²) in [7, 11) is 2.76. The Hall–Kier alpha value is -3.00. The zero-order valence-corrected chi connectivity index (χ0v) is 18.9. The number of anilines is 2. The van der Waals surface area contributed by atoms with E-state index in [2.05, 4.69) is 26.6 Å². The zero-order chi connectivity index (χ0) is 22.3. The lowest BCUT2D eigenvalue weighted by Crippen LogP contribution is -2.39. The summed E-state index contributed by atoms with van der Waals surface area (Å²) in [6.45, 7) is 1.88. The zero-order valence-electron chi connectivity index (χ0n) is 17.4. The summed E-state index contributed by atoms with van der Waals surface area (Å²) in [6.07, 6.45) is 0.518. The van der Waals surface area contributed by atoms with Crippen molar-refractivity contribution in [3.05, 3.63) is 57.7 Å². The SMILES string of the molecule is COC(=O)C1C(=O)C2=C(CC1C)Nc1ccccc1NC2c1cc(Br)c(O)c(OC)c1. The fourth-order valence-electron chi connectivity index (χ4n) is 4.30. The summed E-state index contributed by atoms with van der Waals surface area (Å²) < 4.78 is 10.7. The van der Waals surface area contributed by atoms with E-state index < -0.39 is 17.9 Å². The van der Waals surface area contributed by atoms with Gasteiger partial charge >= 0.3 is 5.97 Å². The van der Waals surface area contributed by atoms with Gasteiger partial charge in [0.05, 0.1) is 36.1 Å². The number of benzene rings is 2. The number of hydrogen-bond acceptors (Lipinski definition) is 7. The highest BCUT2D eigenvalue weighted by molar-refractivity contribution is 9.10. The number of rotatable bonds is 3. The van der Waals surface area contributed by atoms with Crippen LogP contribution in [0.5, 0.6) is 11.5 Å². The van der Waals surface area contributed by atoms with Crippen LogP contribution in [0.4, 0.5) is 11.4 Å². The molecule has 8 heteroatoms. The number of para-hydroxylation sites is 2. The summed E-state index contributed by atoms with van der Waals surface area (Å²) in [6, 6.07) is 10.5. The molecule has 0 amide bonds. The number of phenolic OH excluding ortho intramolecular Hbond substituents is 1. The predicted octanol–water partition coefficient (Wildman–Crippen LogP) is 4.39. The predicted molar refractivity (Wildman–Crippen MR) is 120 cm³/mol. The topological polar surface area (TPSA) is 96.9 Å². The standard InChI is InChI=1S/C23H23BrN2O5/c1-11-8-16-19(22(28)18(11)23(29)31-3)20(26-15-7-5-4-6-14(15)25-16)12-9-13(24)21(27)17(10-12)30-2/h4-7,9-11,18,20,25-27H,8H2,1-3H3. The van der Waals surface area contributed by atoms with E-state index in [0.717, 1.165) is 17.1 Å². The third kappa shape index (κ3) is 3.65.